The van der Waals surface area contributed by atoms with Crippen molar-refractivity contribution >= 4 is 34.6 Å². The number of fused-ring (bicyclic) bond motifs is 1. The van der Waals surface area contributed by atoms with Gasteiger partial charge in [0.05, 0.1) is 10.6 Å². The molecule has 1 amide bonds. The Morgan fingerprint density at radius 2 is 1.92 bits per heavy atom. The summed E-state index contributed by atoms with van der Waals surface area (Å²) in [4.78, 5) is 16.9. The Morgan fingerprint density at radius 3 is 2.75 bits per heavy atom. The molecule has 0 bridgehead atoms. The van der Waals surface area contributed by atoms with Gasteiger partial charge in [-0.2, -0.15) is 0 Å². The third-order valence-electron chi connectivity index (χ3n) is 3.40. The predicted molar refractivity (Wildman–Crippen MR) is 89.8 cm³/mol. The second kappa shape index (κ2) is 6.01. The number of carbonyl (C=O) groups excluding carboxylic acids is 1. The highest BCUT2D eigenvalue weighted by Crippen LogP contribution is 2.34. The Morgan fingerprint density at radius 1 is 1.12 bits per heavy atom. The molecule has 1 N–H and O–H groups in total. The smallest absolute Gasteiger partial charge is 0.264 e. The highest BCUT2D eigenvalue weighted by Gasteiger charge is 2.24. The van der Waals surface area contributed by atoms with Crippen LogP contribution in [0.25, 0.3) is 6.08 Å². The minimum absolute atomic E-state index is 0.207. The van der Waals surface area contributed by atoms with Crippen molar-refractivity contribution < 1.29 is 18.7 Å². The van der Waals surface area contributed by atoms with E-state index in [9.17, 15) is 9.18 Å². The molecule has 5 nitrogen and oxygen atoms in total. The van der Waals surface area contributed by atoms with Crippen LogP contribution in [0.2, 0.25) is 0 Å². The first kappa shape index (κ1) is 14.8. The zero-order chi connectivity index (χ0) is 16.5. The van der Waals surface area contributed by atoms with Gasteiger partial charge in [-0.25, -0.2) is 9.38 Å². The minimum Gasteiger partial charge on any atom is -0.454 e. The molecule has 2 aliphatic rings. The number of rotatable bonds is 2. The van der Waals surface area contributed by atoms with Gasteiger partial charge in [-0.3, -0.25) is 4.79 Å². The van der Waals surface area contributed by atoms with Crippen molar-refractivity contribution in [3.63, 3.8) is 0 Å². The van der Waals surface area contributed by atoms with Crippen molar-refractivity contribution in [2.75, 3.05) is 6.79 Å². The molecule has 2 aromatic rings. The fourth-order valence-electron chi connectivity index (χ4n) is 2.27. The lowest BCUT2D eigenvalue weighted by Crippen LogP contribution is -2.19. The van der Waals surface area contributed by atoms with Gasteiger partial charge in [-0.15, -0.1) is 0 Å². The molecule has 2 heterocycles. The minimum atomic E-state index is -0.328. The number of amides is 1. The van der Waals surface area contributed by atoms with Crippen molar-refractivity contribution in [3.05, 3.63) is 58.8 Å². The normalized spacial score (nSPS) is 19.1. The van der Waals surface area contributed by atoms with Crippen LogP contribution in [0.1, 0.15) is 5.56 Å². The number of carbonyl (C=O) groups is 1. The summed E-state index contributed by atoms with van der Waals surface area (Å²) in [7, 11) is 0. The summed E-state index contributed by atoms with van der Waals surface area (Å²) in [5, 5.41) is 3.15. The average molecular weight is 342 g/mol. The van der Waals surface area contributed by atoms with Crippen LogP contribution in [0.3, 0.4) is 0 Å². The summed E-state index contributed by atoms with van der Waals surface area (Å²) in [6.07, 6.45) is 1.76. The zero-order valence-corrected chi connectivity index (χ0v) is 13.1. The molecule has 0 saturated carbocycles. The summed E-state index contributed by atoms with van der Waals surface area (Å²) < 4.78 is 23.5. The maximum Gasteiger partial charge on any atom is 0.264 e. The summed E-state index contributed by atoms with van der Waals surface area (Å²) in [6.45, 7) is 0.207. The van der Waals surface area contributed by atoms with E-state index in [2.05, 4.69) is 10.3 Å². The van der Waals surface area contributed by atoms with E-state index in [0.29, 0.717) is 27.3 Å². The molecular formula is C17H11FN2O3S. The third kappa shape index (κ3) is 2.98. The zero-order valence-electron chi connectivity index (χ0n) is 12.3. The second-order valence-electron chi connectivity index (χ2n) is 5.07. The van der Waals surface area contributed by atoms with Crippen molar-refractivity contribution in [2.24, 2.45) is 4.99 Å². The highest BCUT2D eigenvalue weighted by molar-refractivity contribution is 8.18. The third-order valence-corrected chi connectivity index (χ3v) is 4.31. The van der Waals surface area contributed by atoms with Crippen LogP contribution >= 0.6 is 11.8 Å². The van der Waals surface area contributed by atoms with Gasteiger partial charge in [0, 0.05) is 0 Å². The van der Waals surface area contributed by atoms with E-state index in [0.717, 1.165) is 5.56 Å². The molecule has 2 aromatic carbocycles. The van der Waals surface area contributed by atoms with Crippen LogP contribution in [0.5, 0.6) is 11.5 Å². The molecule has 1 fully saturated rings. The molecule has 0 aromatic heterocycles. The maximum absolute atomic E-state index is 12.9. The molecule has 120 valence electrons. The van der Waals surface area contributed by atoms with Crippen LogP contribution in [0.15, 0.2) is 52.4 Å². The molecule has 24 heavy (non-hydrogen) atoms. The first-order valence-corrected chi connectivity index (χ1v) is 7.94. The topological polar surface area (TPSA) is 59.9 Å². The highest BCUT2D eigenvalue weighted by atomic mass is 32.2. The number of benzene rings is 2. The van der Waals surface area contributed by atoms with Crippen LogP contribution < -0.4 is 14.8 Å². The van der Waals surface area contributed by atoms with E-state index >= 15 is 0 Å². The van der Waals surface area contributed by atoms with Gasteiger partial charge in [0.1, 0.15) is 5.82 Å². The SMILES string of the molecule is O=C1NC(=Nc2ccc(F)cc2)SC1=Cc1ccc2c(c1)OCO2. The van der Waals surface area contributed by atoms with Gasteiger partial charge in [0.15, 0.2) is 16.7 Å². The van der Waals surface area contributed by atoms with Crippen LogP contribution in [0, 0.1) is 5.82 Å². The quantitative estimate of drug-likeness (QED) is 0.849. The number of ether oxygens (including phenoxy) is 2. The van der Waals surface area contributed by atoms with Crippen molar-refractivity contribution in [1.29, 1.82) is 0 Å². The molecule has 0 unspecified atom stereocenters. The van der Waals surface area contributed by atoms with Crippen LogP contribution in [-0.4, -0.2) is 17.9 Å². The summed E-state index contributed by atoms with van der Waals surface area (Å²) in [5.41, 5.74) is 1.41. The van der Waals surface area contributed by atoms with Crippen molar-refractivity contribution in [1.82, 2.24) is 5.32 Å². The van der Waals surface area contributed by atoms with E-state index in [4.69, 9.17) is 9.47 Å². The number of hydrogen-bond acceptors (Lipinski definition) is 5. The largest absolute Gasteiger partial charge is 0.454 e. The van der Waals surface area contributed by atoms with Crippen molar-refractivity contribution in [3.8, 4) is 11.5 Å². The fourth-order valence-corrected chi connectivity index (χ4v) is 3.11. The molecule has 1 saturated heterocycles. The number of halogens is 1. The Hall–Kier alpha value is -2.80. The first-order valence-electron chi connectivity index (χ1n) is 7.12. The monoisotopic (exact) mass is 342 g/mol. The van der Waals surface area contributed by atoms with Gasteiger partial charge in [-0.05, 0) is 59.8 Å². The second-order valence-corrected chi connectivity index (χ2v) is 6.10. The molecule has 0 atom stereocenters. The summed E-state index contributed by atoms with van der Waals surface area (Å²) in [5.74, 6) is 0.802. The number of amidine groups is 1. The molecule has 0 spiro atoms. The van der Waals surface area contributed by atoms with E-state index in [1.807, 2.05) is 12.1 Å². The summed E-state index contributed by atoms with van der Waals surface area (Å²) in [6, 6.07) is 11.2. The molecule has 4 rings (SSSR count). The van der Waals surface area contributed by atoms with Crippen LogP contribution in [0.4, 0.5) is 10.1 Å². The van der Waals surface area contributed by atoms with Gasteiger partial charge in [-0.1, -0.05) is 6.07 Å². The fraction of sp³-hybridized carbons (Fsp3) is 0.0588. The van der Waals surface area contributed by atoms with E-state index in [1.165, 1.54) is 23.9 Å². The van der Waals surface area contributed by atoms with Crippen molar-refractivity contribution in [2.45, 2.75) is 0 Å². The number of nitrogens with zero attached hydrogens (tertiary/aromatic N) is 1. The lowest BCUT2D eigenvalue weighted by molar-refractivity contribution is -0.115. The lowest BCUT2D eigenvalue weighted by atomic mass is 10.2. The Kier molecular flexibility index (Phi) is 3.70. The van der Waals surface area contributed by atoms with E-state index in [-0.39, 0.29) is 18.5 Å². The average Bonchev–Trinajstić information content (AvgIpc) is 3.16. The standard InChI is InChI=1S/C17H11FN2O3S/c18-11-2-4-12(5-3-11)19-17-20-16(21)15(24-17)8-10-1-6-13-14(7-10)23-9-22-13/h1-8H,9H2,(H,19,20,21). The first-order chi connectivity index (χ1) is 11.7. The molecule has 0 radical (unpaired) electrons. The number of hydrogen-bond donors (Lipinski definition) is 1. The Bertz CT molecular complexity index is 878. The van der Waals surface area contributed by atoms with E-state index < -0.39 is 0 Å². The summed E-state index contributed by atoms with van der Waals surface area (Å²) >= 11 is 1.23. The van der Waals surface area contributed by atoms with Gasteiger partial charge in [0.25, 0.3) is 5.91 Å². The Balaban J connectivity index is 1.56. The number of nitrogens with one attached hydrogen (secondary N) is 1. The molecule has 0 aliphatic carbocycles. The maximum atomic E-state index is 12.9. The predicted octanol–water partition coefficient (Wildman–Crippen LogP) is 3.45. The molecule has 7 heteroatoms. The van der Waals surface area contributed by atoms with Crippen LogP contribution in [-0.2, 0) is 4.79 Å². The number of aliphatic imine (C=N–C) groups is 1. The van der Waals surface area contributed by atoms with Gasteiger partial charge < -0.3 is 14.8 Å². The molecular weight excluding hydrogens is 331 g/mol. The lowest BCUT2D eigenvalue weighted by Gasteiger charge is -1.98. The Labute approximate surface area is 141 Å². The molecule has 2 aliphatic heterocycles. The van der Waals surface area contributed by atoms with E-state index in [1.54, 1.807) is 24.3 Å². The number of thioether (sulfide) groups is 1. The van der Waals surface area contributed by atoms with Gasteiger partial charge >= 0.3 is 0 Å². The van der Waals surface area contributed by atoms with Gasteiger partial charge in [0.2, 0.25) is 6.79 Å².